The van der Waals surface area contributed by atoms with Gasteiger partial charge in [0.2, 0.25) is 0 Å². The highest BCUT2D eigenvalue weighted by Gasteiger charge is 2.19. The van der Waals surface area contributed by atoms with Crippen LogP contribution in [0.5, 0.6) is 5.75 Å². The van der Waals surface area contributed by atoms with Crippen LogP contribution in [0.3, 0.4) is 0 Å². The van der Waals surface area contributed by atoms with Gasteiger partial charge in [0.1, 0.15) is 17.1 Å². The normalized spacial score (nSPS) is 10.6. The fourth-order valence-electron chi connectivity index (χ4n) is 3.32. The summed E-state index contributed by atoms with van der Waals surface area (Å²) in [7, 11) is 1.57. The van der Waals surface area contributed by atoms with Gasteiger partial charge in [-0.2, -0.15) is 0 Å². The number of furan rings is 1. The SMILES string of the molecule is COc1ccc2oc(C)c(C(=O)Nc3cccc(C(=O)NCc4ccccn4)c3)c2c1. The predicted molar refractivity (Wildman–Crippen MR) is 117 cm³/mol. The third-order valence-corrected chi connectivity index (χ3v) is 4.84. The summed E-state index contributed by atoms with van der Waals surface area (Å²) in [6.07, 6.45) is 1.68. The molecule has 0 saturated carbocycles. The molecule has 0 aliphatic carbocycles. The maximum absolute atomic E-state index is 13.0. The topological polar surface area (TPSA) is 93.5 Å². The van der Waals surface area contributed by atoms with Gasteiger partial charge in [-0.1, -0.05) is 12.1 Å². The van der Waals surface area contributed by atoms with E-state index < -0.39 is 0 Å². The molecule has 0 saturated heterocycles. The van der Waals surface area contributed by atoms with E-state index in [2.05, 4.69) is 15.6 Å². The van der Waals surface area contributed by atoms with Gasteiger partial charge in [-0.3, -0.25) is 14.6 Å². The van der Waals surface area contributed by atoms with Crippen LogP contribution in [0.4, 0.5) is 5.69 Å². The maximum Gasteiger partial charge on any atom is 0.259 e. The van der Waals surface area contributed by atoms with Crippen molar-refractivity contribution in [1.82, 2.24) is 10.3 Å². The number of pyridine rings is 1. The van der Waals surface area contributed by atoms with E-state index >= 15 is 0 Å². The molecule has 0 spiro atoms. The Morgan fingerprint density at radius 3 is 2.68 bits per heavy atom. The Balaban J connectivity index is 1.51. The molecule has 2 heterocycles. The van der Waals surface area contributed by atoms with Crippen molar-refractivity contribution in [1.29, 1.82) is 0 Å². The highest BCUT2D eigenvalue weighted by Crippen LogP contribution is 2.29. The summed E-state index contributed by atoms with van der Waals surface area (Å²) in [4.78, 5) is 29.7. The molecule has 0 atom stereocenters. The first-order valence-electron chi connectivity index (χ1n) is 9.72. The van der Waals surface area contributed by atoms with Gasteiger partial charge in [-0.05, 0) is 55.5 Å². The van der Waals surface area contributed by atoms with Crippen LogP contribution in [-0.2, 0) is 6.54 Å². The zero-order valence-corrected chi connectivity index (χ0v) is 17.1. The Morgan fingerprint density at radius 2 is 1.90 bits per heavy atom. The maximum atomic E-state index is 13.0. The first-order valence-corrected chi connectivity index (χ1v) is 9.72. The quantitative estimate of drug-likeness (QED) is 0.489. The van der Waals surface area contributed by atoms with Gasteiger partial charge in [0.25, 0.3) is 11.8 Å². The minimum absolute atomic E-state index is 0.253. The summed E-state index contributed by atoms with van der Waals surface area (Å²) in [5, 5.41) is 6.34. The summed E-state index contributed by atoms with van der Waals surface area (Å²) >= 11 is 0. The van der Waals surface area contributed by atoms with Crippen molar-refractivity contribution < 1.29 is 18.7 Å². The molecule has 2 aromatic heterocycles. The lowest BCUT2D eigenvalue weighted by atomic mass is 10.1. The molecule has 2 N–H and O–H groups in total. The molecule has 2 aromatic carbocycles. The van der Waals surface area contributed by atoms with Gasteiger partial charge in [0.15, 0.2) is 0 Å². The Hall–Kier alpha value is -4.13. The number of nitrogens with one attached hydrogen (secondary N) is 2. The second-order valence-corrected chi connectivity index (χ2v) is 6.93. The van der Waals surface area contributed by atoms with E-state index in [0.717, 1.165) is 5.69 Å². The second kappa shape index (κ2) is 8.71. The van der Waals surface area contributed by atoms with Gasteiger partial charge >= 0.3 is 0 Å². The van der Waals surface area contributed by atoms with Crippen LogP contribution in [-0.4, -0.2) is 23.9 Å². The summed E-state index contributed by atoms with van der Waals surface area (Å²) in [6, 6.07) is 17.6. The van der Waals surface area contributed by atoms with Crippen molar-refractivity contribution in [3.8, 4) is 5.75 Å². The molecule has 4 rings (SSSR count). The molecule has 0 bridgehead atoms. The van der Waals surface area contributed by atoms with Crippen LogP contribution in [0.1, 0.15) is 32.2 Å². The van der Waals surface area contributed by atoms with Crippen LogP contribution < -0.4 is 15.4 Å². The van der Waals surface area contributed by atoms with Crippen molar-refractivity contribution in [2.75, 3.05) is 12.4 Å². The van der Waals surface area contributed by atoms with E-state index in [9.17, 15) is 9.59 Å². The number of nitrogens with zero attached hydrogens (tertiary/aromatic N) is 1. The standard InChI is InChI=1S/C24H21N3O4/c1-15-22(20-13-19(30-2)9-10-21(20)31-15)24(29)27-17-8-5-6-16(12-17)23(28)26-14-18-7-3-4-11-25-18/h3-13H,14H2,1-2H3,(H,26,28)(H,27,29). The molecule has 31 heavy (non-hydrogen) atoms. The first kappa shape index (κ1) is 20.2. The van der Waals surface area contributed by atoms with Crippen LogP contribution in [0.2, 0.25) is 0 Å². The van der Waals surface area contributed by atoms with E-state index in [-0.39, 0.29) is 11.8 Å². The summed E-state index contributed by atoms with van der Waals surface area (Å²) in [5.74, 6) is 0.561. The minimum Gasteiger partial charge on any atom is -0.497 e. The summed E-state index contributed by atoms with van der Waals surface area (Å²) < 4.78 is 11.0. The number of aryl methyl sites for hydroxylation is 1. The minimum atomic E-state index is -0.324. The largest absolute Gasteiger partial charge is 0.497 e. The Bertz CT molecular complexity index is 1250. The lowest BCUT2D eigenvalue weighted by Crippen LogP contribution is -2.23. The van der Waals surface area contributed by atoms with E-state index in [1.54, 1.807) is 62.7 Å². The van der Waals surface area contributed by atoms with Gasteiger partial charge in [0, 0.05) is 22.8 Å². The van der Waals surface area contributed by atoms with E-state index in [4.69, 9.17) is 9.15 Å². The van der Waals surface area contributed by atoms with Crippen molar-refractivity contribution >= 4 is 28.5 Å². The van der Waals surface area contributed by atoms with Crippen LogP contribution in [0.15, 0.2) is 71.3 Å². The molecule has 7 heteroatoms. The third-order valence-electron chi connectivity index (χ3n) is 4.84. The molecule has 0 unspecified atom stereocenters. The summed E-state index contributed by atoms with van der Waals surface area (Å²) in [6.45, 7) is 2.06. The Labute approximate surface area is 179 Å². The van der Waals surface area contributed by atoms with E-state index in [0.29, 0.717) is 45.8 Å². The van der Waals surface area contributed by atoms with Crippen molar-refractivity contribution in [3.63, 3.8) is 0 Å². The average molecular weight is 415 g/mol. The third kappa shape index (κ3) is 4.40. The number of hydrogen-bond acceptors (Lipinski definition) is 5. The van der Waals surface area contributed by atoms with E-state index in [1.165, 1.54) is 0 Å². The van der Waals surface area contributed by atoms with Gasteiger partial charge < -0.3 is 19.8 Å². The number of benzene rings is 2. The number of methoxy groups -OCH3 is 1. The molecule has 0 aliphatic heterocycles. The highest BCUT2D eigenvalue weighted by molar-refractivity contribution is 6.13. The average Bonchev–Trinajstić information content (AvgIpc) is 3.13. The fraction of sp³-hybridized carbons (Fsp3) is 0.125. The van der Waals surface area contributed by atoms with Crippen LogP contribution in [0.25, 0.3) is 11.0 Å². The molecular formula is C24H21N3O4. The number of amides is 2. The smallest absolute Gasteiger partial charge is 0.259 e. The zero-order valence-electron chi connectivity index (χ0n) is 17.1. The molecule has 0 radical (unpaired) electrons. The number of rotatable bonds is 6. The van der Waals surface area contributed by atoms with Gasteiger partial charge in [-0.25, -0.2) is 0 Å². The molecular weight excluding hydrogens is 394 g/mol. The number of ether oxygens (including phenoxy) is 1. The molecule has 2 amide bonds. The number of anilines is 1. The number of fused-ring (bicyclic) bond motifs is 1. The van der Waals surface area contributed by atoms with Crippen LogP contribution >= 0.6 is 0 Å². The number of hydrogen-bond donors (Lipinski definition) is 2. The van der Waals surface area contributed by atoms with E-state index in [1.807, 2.05) is 18.2 Å². The zero-order chi connectivity index (χ0) is 21.8. The number of carbonyl (C=O) groups excluding carboxylic acids is 2. The van der Waals surface area contributed by atoms with Crippen molar-refractivity contribution in [3.05, 3.63) is 89.4 Å². The Kier molecular flexibility index (Phi) is 5.66. The predicted octanol–water partition coefficient (Wildman–Crippen LogP) is 4.33. The highest BCUT2D eigenvalue weighted by atomic mass is 16.5. The number of aromatic nitrogens is 1. The second-order valence-electron chi connectivity index (χ2n) is 6.93. The molecule has 4 aromatic rings. The molecule has 0 fully saturated rings. The first-order chi connectivity index (χ1) is 15.0. The van der Waals surface area contributed by atoms with Crippen molar-refractivity contribution in [2.24, 2.45) is 0 Å². The summed E-state index contributed by atoms with van der Waals surface area (Å²) in [5.41, 5.74) is 2.74. The molecule has 0 aliphatic rings. The monoisotopic (exact) mass is 415 g/mol. The molecule has 7 nitrogen and oxygen atoms in total. The lowest BCUT2D eigenvalue weighted by molar-refractivity contribution is 0.0949. The van der Waals surface area contributed by atoms with Crippen LogP contribution in [0, 0.1) is 6.92 Å². The van der Waals surface area contributed by atoms with Gasteiger partial charge in [0.05, 0.1) is 24.9 Å². The van der Waals surface area contributed by atoms with Crippen molar-refractivity contribution in [2.45, 2.75) is 13.5 Å². The van der Waals surface area contributed by atoms with Gasteiger partial charge in [-0.15, -0.1) is 0 Å². The Morgan fingerprint density at radius 1 is 1.03 bits per heavy atom. The molecule has 156 valence electrons. The number of carbonyl (C=O) groups is 2. The lowest BCUT2D eigenvalue weighted by Gasteiger charge is -2.08. The fourth-order valence-corrected chi connectivity index (χ4v) is 3.32.